The lowest BCUT2D eigenvalue weighted by Gasteiger charge is -2.35. The third-order valence-electron chi connectivity index (χ3n) is 5.92. The van der Waals surface area contributed by atoms with Crippen LogP contribution in [0.25, 0.3) is 0 Å². The Bertz CT molecular complexity index is 954. The van der Waals surface area contributed by atoms with Gasteiger partial charge in [-0.05, 0) is 32.3 Å². The smallest absolute Gasteiger partial charge is 0.270 e. The molecule has 0 atom stereocenters. The third-order valence-corrected chi connectivity index (χ3v) is 5.92. The number of aromatic nitrogens is 3. The van der Waals surface area contributed by atoms with Gasteiger partial charge in [-0.3, -0.25) is 9.59 Å². The Morgan fingerprint density at radius 2 is 1.83 bits per heavy atom. The van der Waals surface area contributed by atoms with E-state index in [1.54, 1.807) is 0 Å². The van der Waals surface area contributed by atoms with Crippen molar-refractivity contribution < 1.29 is 9.59 Å². The molecule has 0 spiro atoms. The summed E-state index contributed by atoms with van der Waals surface area (Å²) < 4.78 is 0. The zero-order valence-electron chi connectivity index (χ0n) is 17.7. The molecule has 1 aliphatic carbocycles. The zero-order chi connectivity index (χ0) is 20.7. The van der Waals surface area contributed by atoms with Crippen LogP contribution in [0.4, 0.5) is 5.82 Å². The highest BCUT2D eigenvalue weighted by atomic mass is 16.2. The van der Waals surface area contributed by atoms with Crippen LogP contribution in [0.5, 0.6) is 0 Å². The Morgan fingerprint density at radius 3 is 2.48 bits per heavy atom. The van der Waals surface area contributed by atoms with Crippen molar-refractivity contribution >= 4 is 17.5 Å². The Hall–Kier alpha value is -2.70. The van der Waals surface area contributed by atoms with Crippen LogP contribution >= 0.6 is 0 Å². The summed E-state index contributed by atoms with van der Waals surface area (Å²) in [6.07, 6.45) is 2.28. The molecule has 7 nitrogen and oxygen atoms in total. The van der Waals surface area contributed by atoms with E-state index in [4.69, 9.17) is 4.98 Å². The van der Waals surface area contributed by atoms with Gasteiger partial charge in [0.1, 0.15) is 17.3 Å². The third kappa shape index (κ3) is 3.66. The number of aromatic amines is 1. The first-order valence-electron chi connectivity index (χ1n) is 10.5. The van der Waals surface area contributed by atoms with E-state index in [1.165, 1.54) is 0 Å². The average molecular weight is 396 g/mol. The number of ketones is 1. The molecule has 1 amide bonds. The summed E-state index contributed by atoms with van der Waals surface area (Å²) in [4.78, 5) is 42.0. The molecule has 0 unspecified atom stereocenters. The Balaban J connectivity index is 1.48. The van der Waals surface area contributed by atoms with E-state index >= 15 is 0 Å². The second kappa shape index (κ2) is 7.61. The highest BCUT2D eigenvalue weighted by Gasteiger charge is 2.30. The van der Waals surface area contributed by atoms with Gasteiger partial charge in [0.15, 0.2) is 5.78 Å². The van der Waals surface area contributed by atoms with Crippen molar-refractivity contribution in [1.82, 2.24) is 19.9 Å². The number of nitrogens with one attached hydrogen (secondary N) is 1. The van der Waals surface area contributed by atoms with Gasteiger partial charge >= 0.3 is 0 Å². The van der Waals surface area contributed by atoms with Crippen LogP contribution in [0.15, 0.2) is 6.07 Å². The van der Waals surface area contributed by atoms with Crippen LogP contribution in [0.1, 0.15) is 76.2 Å². The van der Waals surface area contributed by atoms with Crippen LogP contribution in [0, 0.1) is 13.8 Å². The maximum atomic E-state index is 13.1. The fourth-order valence-corrected chi connectivity index (χ4v) is 4.28. The molecule has 1 fully saturated rings. The van der Waals surface area contributed by atoms with Crippen molar-refractivity contribution in [3.05, 3.63) is 40.1 Å². The number of aryl methyl sites for hydroxylation is 2. The SMILES string of the molecule is Cc1cc(N2CCN(C(=O)c3[nH]c4c(c3C)C(=O)CCC4)CC2)nc(C(C)C)n1. The van der Waals surface area contributed by atoms with Gasteiger partial charge in [0.05, 0.1) is 0 Å². The Kier molecular flexibility index (Phi) is 5.15. The van der Waals surface area contributed by atoms with Crippen LogP contribution in [-0.2, 0) is 6.42 Å². The maximum absolute atomic E-state index is 13.1. The summed E-state index contributed by atoms with van der Waals surface area (Å²) in [6, 6.07) is 2.01. The molecule has 0 aromatic carbocycles. The first kappa shape index (κ1) is 19.6. The topological polar surface area (TPSA) is 82.2 Å². The molecule has 0 saturated carbocycles. The van der Waals surface area contributed by atoms with Gasteiger partial charge in [-0.15, -0.1) is 0 Å². The molecule has 1 N–H and O–H groups in total. The second-order valence-electron chi connectivity index (χ2n) is 8.41. The number of hydrogen-bond donors (Lipinski definition) is 1. The minimum atomic E-state index is -0.00825. The number of rotatable bonds is 3. The van der Waals surface area contributed by atoms with Gasteiger partial charge < -0.3 is 14.8 Å². The molecule has 4 rings (SSSR count). The quantitative estimate of drug-likeness (QED) is 0.864. The standard InChI is InChI=1S/C22H29N5O2/c1-13(2)21-23-14(3)12-18(25-21)26-8-10-27(11-9-26)22(29)20-15(4)19-16(24-20)6-5-7-17(19)28/h12-13,24H,5-11H2,1-4H3. The lowest BCUT2D eigenvalue weighted by molar-refractivity contribution is 0.0740. The summed E-state index contributed by atoms with van der Waals surface area (Å²) in [5, 5.41) is 0. The van der Waals surface area contributed by atoms with Crippen molar-refractivity contribution in [3.8, 4) is 0 Å². The number of nitrogens with zero attached hydrogens (tertiary/aromatic N) is 4. The monoisotopic (exact) mass is 395 g/mol. The average Bonchev–Trinajstić information content (AvgIpc) is 3.05. The Labute approximate surface area is 171 Å². The molecule has 2 aromatic heterocycles. The number of anilines is 1. The second-order valence-corrected chi connectivity index (χ2v) is 8.41. The Morgan fingerprint density at radius 1 is 1.10 bits per heavy atom. The summed E-state index contributed by atoms with van der Waals surface area (Å²) >= 11 is 0. The number of hydrogen-bond acceptors (Lipinski definition) is 5. The number of Topliss-reactive ketones (excluding diaryl/α,β-unsaturated/α-hetero) is 1. The van der Waals surface area contributed by atoms with Crippen molar-refractivity contribution in [2.24, 2.45) is 0 Å². The number of carbonyl (C=O) groups is 2. The molecule has 2 aliphatic rings. The molecule has 1 saturated heterocycles. The number of H-pyrrole nitrogens is 1. The normalized spacial score (nSPS) is 17.1. The predicted octanol–water partition coefficient (Wildman–Crippen LogP) is 3.03. The molecule has 0 bridgehead atoms. The predicted molar refractivity (Wildman–Crippen MR) is 112 cm³/mol. The molecule has 7 heteroatoms. The van der Waals surface area contributed by atoms with E-state index in [0.717, 1.165) is 60.1 Å². The molecular weight excluding hydrogens is 366 g/mol. The minimum absolute atomic E-state index is 0.00825. The first-order chi connectivity index (χ1) is 13.8. The van der Waals surface area contributed by atoms with Crippen molar-refractivity contribution in [3.63, 3.8) is 0 Å². The number of amides is 1. The summed E-state index contributed by atoms with van der Waals surface area (Å²) in [5.41, 5.74) is 4.03. The molecule has 3 heterocycles. The van der Waals surface area contributed by atoms with Crippen LogP contribution in [0.2, 0.25) is 0 Å². The van der Waals surface area contributed by atoms with E-state index in [-0.39, 0.29) is 17.6 Å². The highest BCUT2D eigenvalue weighted by Crippen LogP contribution is 2.27. The molecule has 154 valence electrons. The fourth-order valence-electron chi connectivity index (χ4n) is 4.28. The lowest BCUT2D eigenvalue weighted by Crippen LogP contribution is -2.49. The molecular formula is C22H29N5O2. The van der Waals surface area contributed by atoms with Crippen LogP contribution < -0.4 is 4.90 Å². The van der Waals surface area contributed by atoms with E-state index < -0.39 is 0 Å². The van der Waals surface area contributed by atoms with Crippen molar-refractivity contribution in [2.75, 3.05) is 31.1 Å². The van der Waals surface area contributed by atoms with E-state index in [1.807, 2.05) is 24.8 Å². The molecule has 2 aromatic rings. The van der Waals surface area contributed by atoms with Crippen molar-refractivity contribution in [1.29, 1.82) is 0 Å². The van der Waals surface area contributed by atoms with Gasteiger partial charge in [-0.2, -0.15) is 0 Å². The van der Waals surface area contributed by atoms with Gasteiger partial charge in [0.2, 0.25) is 0 Å². The minimum Gasteiger partial charge on any atom is -0.354 e. The zero-order valence-corrected chi connectivity index (χ0v) is 17.7. The van der Waals surface area contributed by atoms with Crippen LogP contribution in [0.3, 0.4) is 0 Å². The van der Waals surface area contributed by atoms with Gasteiger partial charge in [0.25, 0.3) is 5.91 Å². The summed E-state index contributed by atoms with van der Waals surface area (Å²) in [5.74, 6) is 2.22. The fraction of sp³-hybridized carbons (Fsp3) is 0.545. The number of piperazine rings is 1. The summed E-state index contributed by atoms with van der Waals surface area (Å²) in [6.45, 7) is 10.8. The number of fused-ring (bicyclic) bond motifs is 1. The number of carbonyl (C=O) groups excluding carboxylic acids is 2. The summed E-state index contributed by atoms with van der Waals surface area (Å²) in [7, 11) is 0. The highest BCUT2D eigenvalue weighted by molar-refractivity contribution is 6.04. The van der Waals surface area contributed by atoms with Crippen molar-refractivity contribution in [2.45, 2.75) is 52.9 Å². The maximum Gasteiger partial charge on any atom is 0.270 e. The van der Waals surface area contributed by atoms with Gasteiger partial charge in [-0.25, -0.2) is 9.97 Å². The largest absolute Gasteiger partial charge is 0.354 e. The molecule has 0 radical (unpaired) electrons. The van der Waals surface area contributed by atoms with E-state index in [0.29, 0.717) is 25.2 Å². The van der Waals surface area contributed by atoms with E-state index in [2.05, 4.69) is 28.7 Å². The van der Waals surface area contributed by atoms with Gasteiger partial charge in [0, 0.05) is 61.5 Å². The first-order valence-corrected chi connectivity index (χ1v) is 10.5. The van der Waals surface area contributed by atoms with Gasteiger partial charge in [-0.1, -0.05) is 13.8 Å². The molecule has 29 heavy (non-hydrogen) atoms. The lowest BCUT2D eigenvalue weighted by atomic mass is 9.93. The molecule has 1 aliphatic heterocycles. The van der Waals surface area contributed by atoms with Crippen LogP contribution in [-0.4, -0.2) is 57.7 Å². The van der Waals surface area contributed by atoms with E-state index in [9.17, 15) is 9.59 Å².